The van der Waals surface area contributed by atoms with Gasteiger partial charge in [0.15, 0.2) is 0 Å². The highest BCUT2D eigenvalue weighted by atomic mass is 19.3. The van der Waals surface area contributed by atoms with Crippen molar-refractivity contribution in [1.29, 1.82) is 0 Å². The van der Waals surface area contributed by atoms with Crippen molar-refractivity contribution < 1.29 is 8.78 Å². The predicted molar refractivity (Wildman–Crippen MR) is 19.1 cm³/mol. The minimum atomic E-state index is -3.18. The number of hydrogen-bond acceptors (Lipinski definition) is 0. The van der Waals surface area contributed by atoms with Gasteiger partial charge in [-0.3, -0.25) is 0 Å². The van der Waals surface area contributed by atoms with Crippen LogP contribution >= 0.6 is 0 Å². The van der Waals surface area contributed by atoms with E-state index in [-0.39, 0.29) is 0 Å². The van der Waals surface area contributed by atoms with E-state index < -0.39 is 5.92 Å². The highest BCUT2D eigenvalue weighted by Gasteiger charge is 2.14. The largest absolute Gasteiger partial charge is 0.308 e. The fourth-order valence-electron chi connectivity index (χ4n) is 0. The minimum absolute atomic E-state index is 1.16. The molecular formula is C4H3F2. The Kier molecular flexibility index (Phi) is 1.13. The number of rotatable bonds is 0. The van der Waals surface area contributed by atoms with Crippen LogP contribution in [-0.2, 0) is 0 Å². The molecule has 0 unspecified atom stereocenters. The van der Waals surface area contributed by atoms with Gasteiger partial charge in [-0.2, -0.15) is 8.78 Å². The van der Waals surface area contributed by atoms with Crippen LogP contribution in [0.15, 0.2) is 0 Å². The van der Waals surface area contributed by atoms with Crippen LogP contribution in [0.4, 0.5) is 8.78 Å². The molecule has 0 aliphatic heterocycles. The van der Waals surface area contributed by atoms with Crippen LogP contribution in [-0.4, -0.2) is 5.92 Å². The molecule has 0 fully saturated rings. The van der Waals surface area contributed by atoms with Crippen LogP contribution < -0.4 is 0 Å². The van der Waals surface area contributed by atoms with E-state index >= 15 is 0 Å². The predicted octanol–water partition coefficient (Wildman–Crippen LogP) is 1.09. The number of hydrogen-bond donors (Lipinski definition) is 0. The second kappa shape index (κ2) is 1.25. The van der Waals surface area contributed by atoms with Crippen LogP contribution in [0.3, 0.4) is 0 Å². The zero-order valence-corrected chi connectivity index (χ0v) is 3.04. The SMILES string of the molecule is C#CC([CH2])(F)F. The topological polar surface area (TPSA) is 0 Å². The van der Waals surface area contributed by atoms with Crippen LogP contribution in [0.2, 0.25) is 0 Å². The molecular weight excluding hydrogens is 86.0 g/mol. The molecule has 0 atom stereocenters. The summed E-state index contributed by atoms with van der Waals surface area (Å²) in [5, 5.41) is 0. The van der Waals surface area contributed by atoms with Crippen LogP contribution in [0, 0.1) is 19.3 Å². The van der Waals surface area contributed by atoms with Gasteiger partial charge < -0.3 is 0 Å². The first kappa shape index (κ1) is 5.42. The zero-order valence-electron chi connectivity index (χ0n) is 3.04. The van der Waals surface area contributed by atoms with Crippen LogP contribution in [0.1, 0.15) is 0 Å². The fraction of sp³-hybridized carbons (Fsp3) is 0.250. The Hall–Kier alpha value is -0.580. The van der Waals surface area contributed by atoms with E-state index in [1.54, 1.807) is 0 Å². The molecule has 0 N–H and O–H groups in total. The van der Waals surface area contributed by atoms with Gasteiger partial charge >= 0.3 is 5.92 Å². The van der Waals surface area contributed by atoms with Crippen molar-refractivity contribution in [2.75, 3.05) is 0 Å². The van der Waals surface area contributed by atoms with E-state index in [2.05, 4.69) is 13.3 Å². The van der Waals surface area contributed by atoms with E-state index in [9.17, 15) is 8.78 Å². The van der Waals surface area contributed by atoms with Crippen molar-refractivity contribution in [3.05, 3.63) is 6.92 Å². The Bertz CT molecular complexity index is 72.5. The molecule has 0 aromatic carbocycles. The molecule has 1 radical (unpaired) electrons. The van der Waals surface area contributed by atoms with Gasteiger partial charge in [-0.15, -0.1) is 6.42 Å². The molecule has 6 heavy (non-hydrogen) atoms. The van der Waals surface area contributed by atoms with Gasteiger partial charge in [0, 0.05) is 6.92 Å². The third-order valence-corrected chi connectivity index (χ3v) is 0.211. The summed E-state index contributed by atoms with van der Waals surface area (Å²) in [5.74, 6) is -2.02. The second-order valence-electron chi connectivity index (χ2n) is 0.849. The minimum Gasteiger partial charge on any atom is -0.192 e. The van der Waals surface area contributed by atoms with Gasteiger partial charge in [-0.25, -0.2) is 0 Å². The molecule has 0 rings (SSSR count). The first-order chi connectivity index (χ1) is 2.56. The summed E-state index contributed by atoms with van der Waals surface area (Å²) < 4.78 is 22.2. The summed E-state index contributed by atoms with van der Waals surface area (Å²) in [4.78, 5) is 0. The summed E-state index contributed by atoms with van der Waals surface area (Å²) in [6, 6.07) is 0. The first-order valence-corrected chi connectivity index (χ1v) is 1.27. The number of alkyl halides is 2. The Morgan fingerprint density at radius 1 is 1.67 bits per heavy atom. The normalized spacial score (nSPS) is 10.3. The number of terminal acetylenes is 1. The van der Waals surface area contributed by atoms with Crippen molar-refractivity contribution in [1.82, 2.24) is 0 Å². The van der Waals surface area contributed by atoms with Gasteiger partial charge in [0.25, 0.3) is 0 Å². The maximum absolute atomic E-state index is 11.1. The van der Waals surface area contributed by atoms with Gasteiger partial charge in [-0.05, 0) is 5.92 Å². The quantitative estimate of drug-likeness (QED) is 0.390. The Labute approximate surface area is 35.2 Å². The molecule has 0 aromatic rings. The van der Waals surface area contributed by atoms with Gasteiger partial charge in [0.2, 0.25) is 0 Å². The molecule has 2 heteroatoms. The average Bonchev–Trinajstić information content (AvgIpc) is 1.35. The van der Waals surface area contributed by atoms with E-state index in [1.165, 1.54) is 0 Å². The van der Waals surface area contributed by atoms with Crippen LogP contribution in [0.5, 0.6) is 0 Å². The lowest BCUT2D eigenvalue weighted by molar-refractivity contribution is 0.120. The molecule has 0 amide bonds. The lowest BCUT2D eigenvalue weighted by Gasteiger charge is -1.93. The Morgan fingerprint density at radius 3 is 1.83 bits per heavy atom. The summed E-state index contributed by atoms with van der Waals surface area (Å²) in [6.07, 6.45) is 4.24. The highest BCUT2D eigenvalue weighted by Crippen LogP contribution is 2.06. The maximum atomic E-state index is 11.1. The van der Waals surface area contributed by atoms with Gasteiger partial charge in [-0.1, -0.05) is 0 Å². The zero-order chi connectivity index (χ0) is 5.21. The van der Waals surface area contributed by atoms with Crippen LogP contribution in [0.25, 0.3) is 0 Å². The third kappa shape index (κ3) is 3.42. The van der Waals surface area contributed by atoms with E-state index in [4.69, 9.17) is 0 Å². The summed E-state index contributed by atoms with van der Waals surface area (Å²) in [6.45, 7) is 2.32. The molecule has 0 bridgehead atoms. The summed E-state index contributed by atoms with van der Waals surface area (Å²) in [5.41, 5.74) is 0. The Balaban J connectivity index is 3.55. The van der Waals surface area contributed by atoms with Crippen molar-refractivity contribution in [3.63, 3.8) is 0 Å². The molecule has 33 valence electrons. The number of halogens is 2. The first-order valence-electron chi connectivity index (χ1n) is 1.27. The summed E-state index contributed by atoms with van der Waals surface area (Å²) >= 11 is 0. The molecule has 0 spiro atoms. The monoisotopic (exact) mass is 89.0 g/mol. The van der Waals surface area contributed by atoms with E-state index in [0.717, 1.165) is 5.92 Å². The van der Waals surface area contributed by atoms with Gasteiger partial charge in [0.05, 0.1) is 0 Å². The smallest absolute Gasteiger partial charge is 0.192 e. The maximum Gasteiger partial charge on any atom is 0.308 e. The molecule has 0 aliphatic carbocycles. The van der Waals surface area contributed by atoms with Crippen molar-refractivity contribution >= 4 is 0 Å². The van der Waals surface area contributed by atoms with E-state index in [0.29, 0.717) is 0 Å². The molecule has 0 heterocycles. The summed E-state index contributed by atoms with van der Waals surface area (Å²) in [7, 11) is 0. The average molecular weight is 89.1 g/mol. The van der Waals surface area contributed by atoms with Crippen molar-refractivity contribution in [2.45, 2.75) is 5.92 Å². The molecule has 0 saturated heterocycles. The lowest BCUT2D eigenvalue weighted by Crippen LogP contribution is -2.03. The lowest BCUT2D eigenvalue weighted by atomic mass is 10.4. The van der Waals surface area contributed by atoms with Crippen molar-refractivity contribution in [2.24, 2.45) is 0 Å². The molecule has 0 nitrogen and oxygen atoms in total. The van der Waals surface area contributed by atoms with E-state index in [1.807, 2.05) is 0 Å². The Morgan fingerprint density at radius 2 is 1.83 bits per heavy atom. The molecule has 0 aromatic heterocycles. The fourth-order valence-corrected chi connectivity index (χ4v) is 0. The van der Waals surface area contributed by atoms with Gasteiger partial charge in [0.1, 0.15) is 0 Å². The molecule has 0 saturated carbocycles. The second-order valence-corrected chi connectivity index (χ2v) is 0.849. The van der Waals surface area contributed by atoms with Crippen molar-refractivity contribution in [3.8, 4) is 12.3 Å². The standard InChI is InChI=1S/C4H3F2/c1-3-4(2,5)6/h1H,2H2. The third-order valence-electron chi connectivity index (χ3n) is 0.211. The highest BCUT2D eigenvalue weighted by molar-refractivity contribution is 5.02. The molecule has 0 aliphatic rings.